The maximum atomic E-state index is 12.0. The highest BCUT2D eigenvalue weighted by Crippen LogP contribution is 2.36. The largest absolute Gasteiger partial charge is 0.492 e. The molecule has 0 saturated heterocycles. The molecule has 0 aromatic carbocycles. The molecule has 0 aliphatic carbocycles. The molecule has 1 heterocycles. The lowest BCUT2D eigenvalue weighted by Crippen LogP contribution is -2.29. The van der Waals surface area contributed by atoms with E-state index in [0.717, 1.165) is 18.9 Å². The van der Waals surface area contributed by atoms with Crippen LogP contribution >= 0.6 is 21.6 Å². The summed E-state index contributed by atoms with van der Waals surface area (Å²) in [6, 6.07) is 2.94. The van der Waals surface area contributed by atoms with E-state index in [-0.39, 0.29) is 48.4 Å². The summed E-state index contributed by atoms with van der Waals surface area (Å²) in [6.07, 6.45) is 4.95. The number of carbonyl (C=O) groups excluding carboxylic acids is 1. The van der Waals surface area contributed by atoms with E-state index in [0.29, 0.717) is 12.2 Å². The van der Waals surface area contributed by atoms with Crippen molar-refractivity contribution in [2.75, 3.05) is 31.9 Å². The quantitative estimate of drug-likeness (QED) is 0.203. The molecule has 1 amide bonds. The average molecular weight is 531 g/mol. The summed E-state index contributed by atoms with van der Waals surface area (Å²) in [7, 11) is -3.99. The summed E-state index contributed by atoms with van der Waals surface area (Å²) < 4.78 is 60.0. The lowest BCUT2D eigenvalue weighted by molar-refractivity contribution is -0.121. The van der Waals surface area contributed by atoms with E-state index in [9.17, 15) is 21.6 Å². The number of amides is 1. The van der Waals surface area contributed by atoms with E-state index in [1.807, 2.05) is 6.26 Å². The van der Waals surface area contributed by atoms with E-state index in [1.165, 1.54) is 12.1 Å². The second-order valence-electron chi connectivity index (χ2n) is 7.43. The zero-order valence-electron chi connectivity index (χ0n) is 18.7. The number of carbonyl (C=O) groups is 1. The van der Waals surface area contributed by atoms with Crippen LogP contribution in [-0.2, 0) is 46.6 Å². The highest BCUT2D eigenvalue weighted by atomic mass is 33.1. The van der Waals surface area contributed by atoms with Crippen molar-refractivity contribution in [3.63, 3.8) is 0 Å². The Morgan fingerprint density at radius 1 is 1.06 bits per heavy atom. The molecule has 14 heteroatoms. The lowest BCUT2D eigenvalue weighted by Gasteiger charge is -2.21. The van der Waals surface area contributed by atoms with Gasteiger partial charge in [0.2, 0.25) is 5.91 Å². The van der Waals surface area contributed by atoms with Crippen molar-refractivity contribution in [3.05, 3.63) is 23.5 Å². The molecule has 0 radical (unpaired) electrons. The van der Waals surface area contributed by atoms with Gasteiger partial charge in [-0.25, -0.2) is 0 Å². The summed E-state index contributed by atoms with van der Waals surface area (Å²) in [5, 5.41) is 2.78. The fraction of sp³-hybridized carbons (Fsp3) is 0.667. The fourth-order valence-corrected chi connectivity index (χ4v) is 5.22. The van der Waals surface area contributed by atoms with E-state index in [2.05, 4.69) is 24.1 Å². The molecule has 0 atom stereocenters. The maximum Gasteiger partial charge on any atom is 0.264 e. The second kappa shape index (κ2) is 13.0. The van der Waals surface area contributed by atoms with Crippen LogP contribution < -0.4 is 10.1 Å². The molecule has 1 aromatic rings. The van der Waals surface area contributed by atoms with E-state index < -0.39 is 20.2 Å². The maximum absolute atomic E-state index is 12.0. The highest BCUT2D eigenvalue weighted by molar-refractivity contribution is 8.76. The molecule has 0 spiro atoms. The molecule has 10 nitrogen and oxygen atoms in total. The summed E-state index contributed by atoms with van der Waals surface area (Å²) >= 11 is 0. The molecule has 184 valence electrons. The third-order valence-electron chi connectivity index (χ3n) is 3.70. The third kappa shape index (κ3) is 14.2. The van der Waals surface area contributed by atoms with Crippen molar-refractivity contribution in [2.24, 2.45) is 0 Å². The number of nitrogens with one attached hydrogen (secondary N) is 1. The normalized spacial score (nSPS) is 12.5. The van der Waals surface area contributed by atoms with Gasteiger partial charge in [-0.15, -0.1) is 0 Å². The van der Waals surface area contributed by atoms with Crippen LogP contribution in [-0.4, -0.2) is 64.4 Å². The predicted octanol–water partition coefficient (Wildman–Crippen LogP) is 2.10. The summed E-state index contributed by atoms with van der Waals surface area (Å²) in [5.74, 6) is 0.230. The SMILES string of the molecule is CSSC(C)(C)CCC(=O)NCCOc1cc(COS(C)(=O)=O)nc(COS(C)(=O)=O)c1. The summed E-state index contributed by atoms with van der Waals surface area (Å²) in [6.45, 7) is 3.90. The minimum atomic E-state index is -3.69. The van der Waals surface area contributed by atoms with Gasteiger partial charge in [0.1, 0.15) is 25.6 Å². The molecule has 0 aliphatic heterocycles. The Balaban J connectivity index is 2.66. The number of aromatic nitrogens is 1. The molecule has 0 saturated carbocycles. The summed E-state index contributed by atoms with van der Waals surface area (Å²) in [4.78, 5) is 16.2. The van der Waals surface area contributed by atoms with Crippen LogP contribution in [0.1, 0.15) is 38.1 Å². The van der Waals surface area contributed by atoms with Gasteiger partial charge in [0.15, 0.2) is 0 Å². The zero-order valence-corrected chi connectivity index (χ0v) is 22.0. The van der Waals surface area contributed by atoms with Crippen LogP contribution in [0.15, 0.2) is 12.1 Å². The lowest BCUT2D eigenvalue weighted by atomic mass is 10.1. The van der Waals surface area contributed by atoms with Crippen molar-refractivity contribution in [1.29, 1.82) is 0 Å². The highest BCUT2D eigenvalue weighted by Gasteiger charge is 2.19. The summed E-state index contributed by atoms with van der Waals surface area (Å²) in [5.41, 5.74) is 0.440. The predicted molar refractivity (Wildman–Crippen MR) is 126 cm³/mol. The molecule has 0 fully saturated rings. The number of hydrogen-bond donors (Lipinski definition) is 1. The molecular weight excluding hydrogens is 500 g/mol. The van der Waals surface area contributed by atoms with Gasteiger partial charge in [0.05, 0.1) is 30.4 Å². The van der Waals surface area contributed by atoms with Crippen LogP contribution in [0.5, 0.6) is 5.75 Å². The van der Waals surface area contributed by atoms with Gasteiger partial charge in [-0.2, -0.15) is 16.8 Å². The Hall–Kier alpha value is -1.06. The van der Waals surface area contributed by atoms with Gasteiger partial charge in [0, 0.05) is 23.3 Å². The van der Waals surface area contributed by atoms with Gasteiger partial charge < -0.3 is 10.1 Å². The van der Waals surface area contributed by atoms with Crippen LogP contribution in [0, 0.1) is 0 Å². The van der Waals surface area contributed by atoms with Crippen molar-refractivity contribution < 1.29 is 34.7 Å². The number of hydrogen-bond acceptors (Lipinski definition) is 11. The van der Waals surface area contributed by atoms with Gasteiger partial charge >= 0.3 is 0 Å². The topological polar surface area (TPSA) is 138 Å². The standard InChI is InChI=1S/C18H30N2O8S4/c1-18(2,30-29-3)7-6-17(21)19-8-9-26-16-10-14(12-27-31(4,22)23)20-15(11-16)13-28-32(5,24)25/h10-11H,6-9,12-13H2,1-5H3,(H,19,21). The van der Waals surface area contributed by atoms with Crippen LogP contribution in [0.25, 0.3) is 0 Å². The van der Waals surface area contributed by atoms with Gasteiger partial charge in [-0.3, -0.25) is 18.1 Å². The average Bonchev–Trinajstić information content (AvgIpc) is 2.65. The van der Waals surface area contributed by atoms with Crippen molar-refractivity contribution in [3.8, 4) is 5.75 Å². The second-order valence-corrected chi connectivity index (χ2v) is 13.8. The molecule has 0 aliphatic rings. The van der Waals surface area contributed by atoms with Gasteiger partial charge in [-0.05, 0) is 26.5 Å². The first-order valence-electron chi connectivity index (χ1n) is 9.49. The minimum Gasteiger partial charge on any atom is -0.492 e. The smallest absolute Gasteiger partial charge is 0.264 e. The zero-order chi connectivity index (χ0) is 24.4. The first-order valence-corrected chi connectivity index (χ1v) is 15.7. The number of nitrogens with zero attached hydrogens (tertiary/aromatic N) is 1. The molecule has 1 rings (SSSR count). The number of rotatable bonds is 15. The first-order chi connectivity index (χ1) is 14.7. The molecule has 1 aromatic heterocycles. The fourth-order valence-electron chi connectivity index (χ4n) is 2.31. The molecular formula is C18H30N2O8S4. The minimum absolute atomic E-state index is 0.000816. The van der Waals surface area contributed by atoms with Crippen LogP contribution in [0.2, 0.25) is 0 Å². The monoisotopic (exact) mass is 530 g/mol. The molecule has 1 N–H and O–H groups in total. The van der Waals surface area contributed by atoms with E-state index >= 15 is 0 Å². The van der Waals surface area contributed by atoms with E-state index in [4.69, 9.17) is 13.1 Å². The molecule has 0 unspecified atom stereocenters. The Morgan fingerprint density at radius 3 is 2.06 bits per heavy atom. The first kappa shape index (κ1) is 29.0. The number of ether oxygens (including phenoxy) is 1. The van der Waals surface area contributed by atoms with Crippen molar-refractivity contribution in [2.45, 2.75) is 44.6 Å². The van der Waals surface area contributed by atoms with Crippen LogP contribution in [0.3, 0.4) is 0 Å². The van der Waals surface area contributed by atoms with Crippen molar-refractivity contribution >= 4 is 47.7 Å². The Labute approximate surface area is 198 Å². The third-order valence-corrected chi connectivity index (χ3v) is 7.47. The number of pyridine rings is 1. The Bertz CT molecular complexity index is 911. The molecule has 0 bridgehead atoms. The Kier molecular flexibility index (Phi) is 11.8. The van der Waals surface area contributed by atoms with Gasteiger partial charge in [0.25, 0.3) is 20.2 Å². The van der Waals surface area contributed by atoms with E-state index in [1.54, 1.807) is 21.6 Å². The van der Waals surface area contributed by atoms with Crippen LogP contribution in [0.4, 0.5) is 0 Å². The van der Waals surface area contributed by atoms with Gasteiger partial charge in [-0.1, -0.05) is 21.6 Å². The molecule has 32 heavy (non-hydrogen) atoms. The van der Waals surface area contributed by atoms with Crippen molar-refractivity contribution in [1.82, 2.24) is 10.3 Å². The Morgan fingerprint density at radius 2 is 1.59 bits per heavy atom.